The summed E-state index contributed by atoms with van der Waals surface area (Å²) in [5.41, 5.74) is 0.528. The number of benzene rings is 1. The maximum Gasteiger partial charge on any atom is 0.168 e. The molecule has 1 fully saturated rings. The largest absolute Gasteiger partial charge is 0.487 e. The lowest BCUT2D eigenvalue weighted by Crippen LogP contribution is -2.31. The van der Waals surface area contributed by atoms with Gasteiger partial charge in [0.2, 0.25) is 0 Å². The third kappa shape index (κ3) is 4.67. The highest BCUT2D eigenvalue weighted by Gasteiger charge is 2.25. The molecule has 1 aliphatic rings. The second-order valence-electron chi connectivity index (χ2n) is 7.06. The molecule has 0 aromatic heterocycles. The lowest BCUT2D eigenvalue weighted by Gasteiger charge is -2.29. The lowest BCUT2D eigenvalue weighted by molar-refractivity contribution is -0.0265. The van der Waals surface area contributed by atoms with Gasteiger partial charge in [0.1, 0.15) is 11.9 Å². The predicted molar refractivity (Wildman–Crippen MR) is 78.6 cm³/mol. The molecule has 2 nitrogen and oxygen atoms in total. The van der Waals surface area contributed by atoms with Crippen molar-refractivity contribution in [2.24, 2.45) is 5.41 Å². The normalized spacial score (nSPS) is 23.1. The van der Waals surface area contributed by atoms with Crippen LogP contribution in [0.3, 0.4) is 0 Å². The van der Waals surface area contributed by atoms with Crippen LogP contribution in [0, 0.1) is 17.0 Å². The molecule has 0 radical (unpaired) electrons. The molecule has 0 amide bonds. The van der Waals surface area contributed by atoms with Crippen molar-refractivity contribution in [3.05, 3.63) is 29.3 Å². The molecule has 118 valence electrons. The zero-order chi connectivity index (χ0) is 15.6. The van der Waals surface area contributed by atoms with Gasteiger partial charge in [-0.2, -0.15) is 0 Å². The summed E-state index contributed by atoms with van der Waals surface area (Å²) >= 11 is 0. The van der Waals surface area contributed by atoms with E-state index in [1.165, 1.54) is 6.07 Å². The molecule has 1 heterocycles. The summed E-state index contributed by atoms with van der Waals surface area (Å²) in [5, 5.41) is 0. The Labute approximate surface area is 125 Å². The fourth-order valence-electron chi connectivity index (χ4n) is 2.68. The van der Waals surface area contributed by atoms with Crippen molar-refractivity contribution in [2.45, 2.75) is 59.2 Å². The van der Waals surface area contributed by atoms with Crippen LogP contribution in [0.4, 0.5) is 8.78 Å². The van der Waals surface area contributed by atoms with Crippen molar-refractivity contribution in [1.29, 1.82) is 0 Å². The molecule has 0 bridgehead atoms. The van der Waals surface area contributed by atoms with Gasteiger partial charge in [-0.25, -0.2) is 8.78 Å². The van der Waals surface area contributed by atoms with E-state index < -0.39 is 11.6 Å². The molecule has 0 spiro atoms. The van der Waals surface area contributed by atoms with Gasteiger partial charge in [0.25, 0.3) is 0 Å². The Balaban J connectivity index is 2.24. The van der Waals surface area contributed by atoms with E-state index in [1.807, 2.05) is 27.7 Å². The topological polar surface area (TPSA) is 18.5 Å². The highest BCUT2D eigenvalue weighted by Crippen LogP contribution is 2.32. The Morgan fingerprint density at radius 1 is 1.29 bits per heavy atom. The molecule has 0 saturated carbocycles. The van der Waals surface area contributed by atoms with Gasteiger partial charge in [-0.15, -0.1) is 0 Å². The summed E-state index contributed by atoms with van der Waals surface area (Å²) in [5.74, 6) is -0.974. The number of hydrogen-bond donors (Lipinski definition) is 0. The zero-order valence-electron chi connectivity index (χ0n) is 13.2. The number of ether oxygens (including phenoxy) is 2. The van der Waals surface area contributed by atoms with Crippen LogP contribution in [0.25, 0.3) is 0 Å². The summed E-state index contributed by atoms with van der Waals surface area (Å²) in [6.45, 7) is 8.71. The molecule has 0 N–H and O–H groups in total. The molecule has 21 heavy (non-hydrogen) atoms. The number of rotatable bonds is 3. The molecular formula is C17H24F2O2. The van der Waals surface area contributed by atoms with E-state index in [-0.39, 0.29) is 23.4 Å². The minimum Gasteiger partial charge on any atom is -0.487 e. The van der Waals surface area contributed by atoms with Gasteiger partial charge in [-0.05, 0) is 24.8 Å². The Morgan fingerprint density at radius 3 is 2.62 bits per heavy atom. The summed E-state index contributed by atoms with van der Waals surface area (Å²) in [6, 6.07) is 2.27. The van der Waals surface area contributed by atoms with Gasteiger partial charge in [0.05, 0.1) is 12.7 Å². The second-order valence-corrected chi connectivity index (χ2v) is 7.06. The number of hydrogen-bond acceptors (Lipinski definition) is 2. The maximum atomic E-state index is 14.1. The van der Waals surface area contributed by atoms with Gasteiger partial charge >= 0.3 is 0 Å². The Kier molecular flexibility index (Phi) is 4.87. The summed E-state index contributed by atoms with van der Waals surface area (Å²) in [6.07, 6.45) is 2.06. The quantitative estimate of drug-likeness (QED) is 0.818. The average Bonchev–Trinajstić information content (AvgIpc) is 2.31. The first-order valence-electron chi connectivity index (χ1n) is 7.51. The molecule has 1 saturated heterocycles. The zero-order valence-corrected chi connectivity index (χ0v) is 13.2. The van der Waals surface area contributed by atoms with Crippen LogP contribution in [0.1, 0.15) is 46.1 Å². The summed E-state index contributed by atoms with van der Waals surface area (Å²) in [4.78, 5) is 0. The highest BCUT2D eigenvalue weighted by molar-refractivity contribution is 5.36. The first-order valence-corrected chi connectivity index (χ1v) is 7.51. The summed E-state index contributed by atoms with van der Waals surface area (Å²) in [7, 11) is 0. The van der Waals surface area contributed by atoms with E-state index in [2.05, 4.69) is 0 Å². The molecule has 4 heteroatoms. The van der Waals surface area contributed by atoms with Crippen molar-refractivity contribution < 1.29 is 18.3 Å². The van der Waals surface area contributed by atoms with Crippen molar-refractivity contribution in [3.8, 4) is 5.75 Å². The molecule has 2 rings (SSSR count). The van der Waals surface area contributed by atoms with Gasteiger partial charge < -0.3 is 9.47 Å². The minimum atomic E-state index is -0.617. The van der Waals surface area contributed by atoms with Crippen LogP contribution < -0.4 is 4.74 Å². The first kappa shape index (κ1) is 16.2. The van der Waals surface area contributed by atoms with Gasteiger partial charge in [-0.1, -0.05) is 20.8 Å². The second kappa shape index (κ2) is 6.30. The van der Waals surface area contributed by atoms with E-state index in [0.29, 0.717) is 18.6 Å². The summed E-state index contributed by atoms with van der Waals surface area (Å²) < 4.78 is 39.0. The Hall–Kier alpha value is -1.16. The monoisotopic (exact) mass is 298 g/mol. The molecule has 1 aliphatic heterocycles. The van der Waals surface area contributed by atoms with Crippen LogP contribution in [-0.4, -0.2) is 18.8 Å². The van der Waals surface area contributed by atoms with Crippen LogP contribution >= 0.6 is 0 Å². The van der Waals surface area contributed by atoms with E-state index >= 15 is 0 Å². The predicted octanol–water partition coefficient (Wildman–Crippen LogP) is 4.50. The first-order chi connectivity index (χ1) is 9.74. The maximum absolute atomic E-state index is 14.1. The van der Waals surface area contributed by atoms with Gasteiger partial charge in [-0.3, -0.25) is 0 Å². The van der Waals surface area contributed by atoms with E-state index in [0.717, 1.165) is 18.9 Å². The van der Waals surface area contributed by atoms with Gasteiger partial charge in [0.15, 0.2) is 11.6 Å². The average molecular weight is 298 g/mol. The van der Waals surface area contributed by atoms with Crippen LogP contribution in [-0.2, 0) is 11.2 Å². The number of halogens is 2. The highest BCUT2D eigenvalue weighted by atomic mass is 19.1. The molecule has 0 aliphatic carbocycles. The molecule has 1 aromatic rings. The third-order valence-electron chi connectivity index (χ3n) is 3.53. The minimum absolute atomic E-state index is 0.0681. The van der Waals surface area contributed by atoms with E-state index in [9.17, 15) is 8.78 Å². The van der Waals surface area contributed by atoms with E-state index in [4.69, 9.17) is 9.47 Å². The van der Waals surface area contributed by atoms with Crippen molar-refractivity contribution in [2.75, 3.05) is 6.61 Å². The van der Waals surface area contributed by atoms with Crippen LogP contribution in [0.2, 0.25) is 0 Å². The molecular weight excluding hydrogens is 274 g/mol. The lowest BCUT2D eigenvalue weighted by atomic mass is 9.87. The third-order valence-corrected chi connectivity index (χ3v) is 3.53. The van der Waals surface area contributed by atoms with Crippen molar-refractivity contribution >= 4 is 0 Å². The molecule has 2 atom stereocenters. The smallest absolute Gasteiger partial charge is 0.168 e. The SMILES string of the molecule is CC1CC(Oc2c(F)cc(F)cc2CC(C)(C)C)CCO1. The molecule has 2 unspecified atom stereocenters. The standard InChI is InChI=1S/C17H24F2O2/c1-11-7-14(5-6-20-11)21-16-12(10-17(2,3)4)8-13(18)9-15(16)19/h8-9,11,14H,5-7,10H2,1-4H3. The van der Waals surface area contributed by atoms with Crippen molar-refractivity contribution in [3.63, 3.8) is 0 Å². The van der Waals surface area contributed by atoms with E-state index in [1.54, 1.807) is 0 Å². The van der Waals surface area contributed by atoms with Crippen LogP contribution in [0.5, 0.6) is 5.75 Å². The molecule has 1 aromatic carbocycles. The fraction of sp³-hybridized carbons (Fsp3) is 0.647. The van der Waals surface area contributed by atoms with Gasteiger partial charge in [0, 0.05) is 24.5 Å². The fourth-order valence-corrected chi connectivity index (χ4v) is 2.68. The van der Waals surface area contributed by atoms with Crippen LogP contribution in [0.15, 0.2) is 12.1 Å². The van der Waals surface area contributed by atoms with Crippen molar-refractivity contribution in [1.82, 2.24) is 0 Å². The Morgan fingerprint density at radius 2 is 2.00 bits per heavy atom. The Bertz CT molecular complexity index is 494.